The van der Waals surface area contributed by atoms with Crippen molar-refractivity contribution in [1.82, 2.24) is 9.78 Å². The minimum Gasteiger partial charge on any atom is -0.493 e. The molecule has 2 unspecified atom stereocenters. The Morgan fingerprint density at radius 2 is 2.24 bits per heavy atom. The Morgan fingerprint density at radius 3 is 2.95 bits per heavy atom. The lowest BCUT2D eigenvalue weighted by Crippen LogP contribution is -2.34. The summed E-state index contributed by atoms with van der Waals surface area (Å²) in [5.41, 5.74) is 9.70. The van der Waals surface area contributed by atoms with E-state index in [1.165, 1.54) is 5.56 Å². The van der Waals surface area contributed by atoms with Crippen molar-refractivity contribution in [3.8, 4) is 5.75 Å². The van der Waals surface area contributed by atoms with E-state index in [2.05, 4.69) is 11.2 Å². The van der Waals surface area contributed by atoms with Crippen LogP contribution in [0.25, 0.3) is 0 Å². The second-order valence-electron chi connectivity index (χ2n) is 5.63. The van der Waals surface area contributed by atoms with Crippen molar-refractivity contribution in [1.29, 1.82) is 0 Å². The molecule has 0 aliphatic carbocycles. The van der Waals surface area contributed by atoms with Crippen LogP contribution in [0.15, 0.2) is 24.3 Å². The molecule has 0 fully saturated rings. The smallest absolute Gasteiger partial charge is 0.130 e. The van der Waals surface area contributed by atoms with Crippen molar-refractivity contribution in [3.63, 3.8) is 0 Å². The van der Waals surface area contributed by atoms with Crippen LogP contribution in [0.2, 0.25) is 5.15 Å². The van der Waals surface area contributed by atoms with E-state index in [1.54, 1.807) is 4.68 Å². The van der Waals surface area contributed by atoms with Crippen molar-refractivity contribution < 1.29 is 4.74 Å². The molecule has 1 aliphatic rings. The van der Waals surface area contributed by atoms with Crippen LogP contribution >= 0.6 is 11.6 Å². The predicted octanol–water partition coefficient (Wildman–Crippen LogP) is 2.82. The van der Waals surface area contributed by atoms with Crippen LogP contribution in [0, 0.1) is 6.92 Å². The van der Waals surface area contributed by atoms with Gasteiger partial charge in [-0.1, -0.05) is 29.8 Å². The molecule has 5 heteroatoms. The predicted molar refractivity (Wildman–Crippen MR) is 83.9 cm³/mol. The van der Waals surface area contributed by atoms with Gasteiger partial charge in [0.2, 0.25) is 0 Å². The minimum absolute atomic E-state index is 0.00968. The molecule has 112 valence electrons. The Balaban J connectivity index is 1.85. The molecule has 0 amide bonds. The second-order valence-corrected chi connectivity index (χ2v) is 5.99. The molecule has 2 atom stereocenters. The third-order valence-corrected chi connectivity index (χ3v) is 4.70. The maximum Gasteiger partial charge on any atom is 0.130 e. The molecule has 0 spiro atoms. The van der Waals surface area contributed by atoms with Gasteiger partial charge in [-0.25, -0.2) is 0 Å². The lowest BCUT2D eigenvalue weighted by Gasteiger charge is -2.30. The highest BCUT2D eigenvalue weighted by Crippen LogP contribution is 2.36. The van der Waals surface area contributed by atoms with Crippen molar-refractivity contribution in [3.05, 3.63) is 46.2 Å². The zero-order chi connectivity index (χ0) is 15.0. The fraction of sp³-hybridized carbons (Fsp3) is 0.438. The van der Waals surface area contributed by atoms with Crippen LogP contribution in [0.1, 0.15) is 29.2 Å². The molecule has 2 heterocycles. The molecule has 2 N–H and O–H groups in total. The zero-order valence-corrected chi connectivity index (χ0v) is 13.1. The third-order valence-electron chi connectivity index (χ3n) is 4.23. The average Bonchev–Trinajstić information content (AvgIpc) is 2.73. The van der Waals surface area contributed by atoms with E-state index in [1.807, 2.05) is 32.2 Å². The van der Waals surface area contributed by atoms with Crippen LogP contribution in [-0.2, 0) is 13.5 Å². The van der Waals surface area contributed by atoms with Crippen LogP contribution in [-0.4, -0.2) is 22.4 Å². The maximum absolute atomic E-state index is 6.49. The normalized spacial score (nSPS) is 19.0. The lowest BCUT2D eigenvalue weighted by atomic mass is 9.84. The average molecular weight is 306 g/mol. The summed E-state index contributed by atoms with van der Waals surface area (Å²) in [5.74, 6) is 1.25. The maximum atomic E-state index is 6.49. The van der Waals surface area contributed by atoms with Gasteiger partial charge in [-0.05, 0) is 31.4 Å². The van der Waals surface area contributed by atoms with Crippen LogP contribution < -0.4 is 10.5 Å². The van der Waals surface area contributed by atoms with Gasteiger partial charge in [0, 0.05) is 24.6 Å². The molecule has 0 saturated heterocycles. The Kier molecular flexibility index (Phi) is 3.91. The standard InChI is InChI=1S/C16H20ClN3O/c1-10-13(16(17)20(2)19-10)9-14(18)11-7-8-21-15-6-4-3-5-12(11)15/h3-6,11,14H,7-9,18H2,1-2H3. The number of nitrogens with two attached hydrogens (primary N) is 1. The number of ether oxygens (including phenoxy) is 1. The number of nitrogens with zero attached hydrogens (tertiary/aromatic N) is 2. The summed E-state index contributed by atoms with van der Waals surface area (Å²) in [4.78, 5) is 0. The number of fused-ring (bicyclic) bond motifs is 1. The van der Waals surface area contributed by atoms with Crippen molar-refractivity contribution >= 4 is 11.6 Å². The molecular formula is C16H20ClN3O. The fourth-order valence-electron chi connectivity index (χ4n) is 3.10. The van der Waals surface area contributed by atoms with Gasteiger partial charge in [-0.15, -0.1) is 0 Å². The Hall–Kier alpha value is -1.52. The number of aryl methyl sites for hydroxylation is 2. The summed E-state index contributed by atoms with van der Waals surface area (Å²) >= 11 is 6.32. The Labute approximate surface area is 129 Å². The molecule has 0 radical (unpaired) electrons. The number of rotatable bonds is 3. The number of hydrogen-bond acceptors (Lipinski definition) is 3. The number of benzene rings is 1. The van der Waals surface area contributed by atoms with Crippen LogP contribution in [0.3, 0.4) is 0 Å². The SMILES string of the molecule is Cc1nn(C)c(Cl)c1CC(N)C1CCOc2ccccc21. The summed E-state index contributed by atoms with van der Waals surface area (Å²) in [7, 11) is 1.86. The molecule has 0 saturated carbocycles. The number of halogens is 1. The highest BCUT2D eigenvalue weighted by Gasteiger charge is 2.28. The molecule has 2 aromatic rings. The summed E-state index contributed by atoms with van der Waals surface area (Å²) in [5, 5.41) is 5.04. The molecule has 21 heavy (non-hydrogen) atoms. The molecule has 1 aliphatic heterocycles. The molecule has 1 aromatic heterocycles. The van der Waals surface area contributed by atoms with E-state index in [-0.39, 0.29) is 6.04 Å². The van der Waals surface area contributed by atoms with Gasteiger partial charge < -0.3 is 10.5 Å². The van der Waals surface area contributed by atoms with Crippen molar-refractivity contribution in [2.45, 2.75) is 31.7 Å². The van der Waals surface area contributed by atoms with E-state index >= 15 is 0 Å². The van der Waals surface area contributed by atoms with Gasteiger partial charge in [0.15, 0.2) is 0 Å². The van der Waals surface area contributed by atoms with E-state index in [0.717, 1.165) is 36.5 Å². The molecule has 1 aromatic carbocycles. The molecule has 4 nitrogen and oxygen atoms in total. The highest BCUT2D eigenvalue weighted by molar-refractivity contribution is 6.30. The van der Waals surface area contributed by atoms with Gasteiger partial charge in [-0.2, -0.15) is 5.10 Å². The first kappa shape index (κ1) is 14.4. The van der Waals surface area contributed by atoms with Gasteiger partial charge in [-0.3, -0.25) is 4.68 Å². The van der Waals surface area contributed by atoms with E-state index in [4.69, 9.17) is 22.1 Å². The summed E-state index contributed by atoms with van der Waals surface area (Å²) in [6.07, 6.45) is 1.67. The largest absolute Gasteiger partial charge is 0.493 e. The topological polar surface area (TPSA) is 53.1 Å². The van der Waals surface area contributed by atoms with E-state index < -0.39 is 0 Å². The zero-order valence-electron chi connectivity index (χ0n) is 12.3. The van der Waals surface area contributed by atoms with Gasteiger partial charge in [0.1, 0.15) is 10.9 Å². The summed E-state index contributed by atoms with van der Waals surface area (Å²) < 4.78 is 7.41. The summed E-state index contributed by atoms with van der Waals surface area (Å²) in [6.45, 7) is 2.70. The van der Waals surface area contributed by atoms with Crippen molar-refractivity contribution in [2.24, 2.45) is 12.8 Å². The van der Waals surface area contributed by atoms with Gasteiger partial charge >= 0.3 is 0 Å². The first-order valence-corrected chi connectivity index (χ1v) is 7.61. The van der Waals surface area contributed by atoms with E-state index in [9.17, 15) is 0 Å². The first-order chi connectivity index (χ1) is 10.1. The first-order valence-electron chi connectivity index (χ1n) is 7.23. The summed E-state index contributed by atoms with van der Waals surface area (Å²) in [6, 6.07) is 8.16. The monoisotopic (exact) mass is 305 g/mol. The second kappa shape index (κ2) is 5.70. The minimum atomic E-state index is 0.00968. The number of para-hydroxylation sites is 1. The highest BCUT2D eigenvalue weighted by atomic mass is 35.5. The van der Waals surface area contributed by atoms with Gasteiger partial charge in [0.05, 0.1) is 12.3 Å². The fourth-order valence-corrected chi connectivity index (χ4v) is 3.35. The third kappa shape index (κ3) is 2.65. The van der Waals surface area contributed by atoms with E-state index in [0.29, 0.717) is 11.1 Å². The molecular weight excluding hydrogens is 286 g/mol. The molecule has 0 bridgehead atoms. The van der Waals surface area contributed by atoms with Crippen LogP contribution in [0.5, 0.6) is 5.75 Å². The lowest BCUT2D eigenvalue weighted by molar-refractivity contribution is 0.254. The molecule has 3 rings (SSSR count). The van der Waals surface area contributed by atoms with Crippen molar-refractivity contribution in [2.75, 3.05) is 6.61 Å². The Bertz CT molecular complexity index is 653. The number of hydrogen-bond donors (Lipinski definition) is 1. The van der Waals surface area contributed by atoms with Gasteiger partial charge in [0.25, 0.3) is 0 Å². The Morgan fingerprint density at radius 1 is 1.48 bits per heavy atom. The quantitative estimate of drug-likeness (QED) is 0.948. The number of aromatic nitrogens is 2. The van der Waals surface area contributed by atoms with Crippen LogP contribution in [0.4, 0.5) is 0 Å².